The van der Waals surface area contributed by atoms with Crippen molar-refractivity contribution in [1.82, 2.24) is 4.90 Å². The molecule has 0 heterocycles. The summed E-state index contributed by atoms with van der Waals surface area (Å²) in [5.74, 6) is 0. The highest BCUT2D eigenvalue weighted by Gasteiger charge is 2.28. The fraction of sp³-hybridized carbons (Fsp3) is 0.538. The maximum atomic E-state index is 9.82. The van der Waals surface area contributed by atoms with Crippen molar-refractivity contribution in [3.05, 3.63) is 34.9 Å². The fourth-order valence-electron chi connectivity index (χ4n) is 2.48. The topological polar surface area (TPSA) is 23.5 Å². The first-order chi connectivity index (χ1) is 7.66. The van der Waals surface area contributed by atoms with Crippen LogP contribution in [0.5, 0.6) is 0 Å². The van der Waals surface area contributed by atoms with Crippen LogP contribution in [0.3, 0.4) is 0 Å². The zero-order valence-corrected chi connectivity index (χ0v) is 10.3. The van der Waals surface area contributed by atoms with E-state index >= 15 is 0 Å². The van der Waals surface area contributed by atoms with Crippen molar-refractivity contribution < 1.29 is 5.11 Å². The van der Waals surface area contributed by atoms with Gasteiger partial charge in [0.25, 0.3) is 0 Å². The molecule has 0 spiro atoms. The van der Waals surface area contributed by atoms with Crippen molar-refractivity contribution in [2.75, 3.05) is 7.05 Å². The van der Waals surface area contributed by atoms with Gasteiger partial charge in [-0.2, -0.15) is 0 Å². The molecule has 1 aromatic rings. The highest BCUT2D eigenvalue weighted by molar-refractivity contribution is 6.30. The number of hydrogen-bond donors (Lipinski definition) is 1. The Morgan fingerprint density at radius 3 is 2.88 bits per heavy atom. The van der Waals surface area contributed by atoms with Crippen LogP contribution in [0.2, 0.25) is 5.02 Å². The van der Waals surface area contributed by atoms with E-state index in [1.165, 1.54) is 5.56 Å². The van der Waals surface area contributed by atoms with Gasteiger partial charge in [0, 0.05) is 17.6 Å². The Kier molecular flexibility index (Phi) is 3.85. The smallest absolute Gasteiger partial charge is 0.0695 e. The molecule has 0 saturated heterocycles. The molecule has 1 N–H and O–H groups in total. The van der Waals surface area contributed by atoms with E-state index in [9.17, 15) is 5.11 Å². The first-order valence-electron chi connectivity index (χ1n) is 5.79. The van der Waals surface area contributed by atoms with Gasteiger partial charge in [-0.15, -0.1) is 0 Å². The van der Waals surface area contributed by atoms with E-state index in [0.29, 0.717) is 6.04 Å². The van der Waals surface area contributed by atoms with Gasteiger partial charge in [-0.1, -0.05) is 23.7 Å². The van der Waals surface area contributed by atoms with E-state index in [4.69, 9.17) is 11.6 Å². The van der Waals surface area contributed by atoms with Crippen molar-refractivity contribution in [1.29, 1.82) is 0 Å². The number of halogens is 1. The number of aliphatic hydroxyl groups is 1. The van der Waals surface area contributed by atoms with E-state index < -0.39 is 0 Å². The molecule has 2 nitrogen and oxygen atoms in total. The lowest BCUT2D eigenvalue weighted by Gasteiger charge is -2.27. The molecule has 1 saturated carbocycles. The van der Waals surface area contributed by atoms with E-state index in [-0.39, 0.29) is 6.10 Å². The average molecular weight is 240 g/mol. The van der Waals surface area contributed by atoms with Gasteiger partial charge in [0.2, 0.25) is 0 Å². The maximum Gasteiger partial charge on any atom is 0.0695 e. The molecule has 0 amide bonds. The second-order valence-corrected chi connectivity index (χ2v) is 5.05. The van der Waals surface area contributed by atoms with Gasteiger partial charge in [0.05, 0.1) is 6.10 Å². The Morgan fingerprint density at radius 2 is 2.25 bits per heavy atom. The summed E-state index contributed by atoms with van der Waals surface area (Å²) in [6.45, 7) is 0.849. The lowest BCUT2D eigenvalue weighted by atomic mass is 10.1. The molecule has 0 unspecified atom stereocenters. The molecule has 0 radical (unpaired) electrons. The first-order valence-corrected chi connectivity index (χ1v) is 6.17. The lowest BCUT2D eigenvalue weighted by Crippen LogP contribution is -2.36. The van der Waals surface area contributed by atoms with Crippen LogP contribution >= 0.6 is 11.6 Å². The predicted octanol–water partition coefficient (Wildman–Crippen LogP) is 2.69. The highest BCUT2D eigenvalue weighted by atomic mass is 35.5. The van der Waals surface area contributed by atoms with Crippen LogP contribution in [-0.2, 0) is 6.54 Å². The molecule has 0 aliphatic heterocycles. The summed E-state index contributed by atoms with van der Waals surface area (Å²) in [4.78, 5) is 2.23. The molecule has 0 bridgehead atoms. The zero-order chi connectivity index (χ0) is 11.5. The fourth-order valence-corrected chi connectivity index (χ4v) is 2.69. The third-order valence-corrected chi connectivity index (χ3v) is 3.57. The minimum Gasteiger partial charge on any atom is -0.391 e. The Bertz CT molecular complexity index is 356. The molecule has 16 heavy (non-hydrogen) atoms. The lowest BCUT2D eigenvalue weighted by molar-refractivity contribution is 0.0825. The summed E-state index contributed by atoms with van der Waals surface area (Å²) < 4.78 is 0. The van der Waals surface area contributed by atoms with Crippen LogP contribution < -0.4 is 0 Å². The zero-order valence-electron chi connectivity index (χ0n) is 9.56. The van der Waals surface area contributed by atoms with Gasteiger partial charge in [-0.05, 0) is 44.0 Å². The number of hydrogen-bond acceptors (Lipinski definition) is 2. The number of benzene rings is 1. The van der Waals surface area contributed by atoms with Crippen LogP contribution in [0.25, 0.3) is 0 Å². The first kappa shape index (κ1) is 11.9. The van der Waals surface area contributed by atoms with Crippen molar-refractivity contribution in [3.8, 4) is 0 Å². The number of aliphatic hydroxyl groups excluding tert-OH is 1. The minimum absolute atomic E-state index is 0.163. The number of nitrogens with zero attached hydrogens (tertiary/aromatic N) is 1. The van der Waals surface area contributed by atoms with Gasteiger partial charge in [0.1, 0.15) is 0 Å². The minimum atomic E-state index is -0.163. The summed E-state index contributed by atoms with van der Waals surface area (Å²) >= 11 is 5.95. The number of likely N-dealkylation sites (N-methyl/N-ethyl adjacent to an activating group) is 1. The number of rotatable bonds is 3. The second kappa shape index (κ2) is 5.17. The van der Waals surface area contributed by atoms with Crippen LogP contribution in [0, 0.1) is 0 Å². The standard InChI is InChI=1S/C13H18ClNO/c1-15(12-6-3-7-13(12)16)9-10-4-2-5-11(14)8-10/h2,4-5,8,12-13,16H,3,6-7,9H2,1H3/t12-,13-/m1/s1. The quantitative estimate of drug-likeness (QED) is 0.877. The normalized spacial score (nSPS) is 25.2. The largest absolute Gasteiger partial charge is 0.391 e. The molecule has 1 aromatic carbocycles. The van der Waals surface area contributed by atoms with E-state index in [1.54, 1.807) is 0 Å². The average Bonchev–Trinajstić information content (AvgIpc) is 2.64. The summed E-state index contributed by atoms with van der Waals surface area (Å²) in [6.07, 6.45) is 3.00. The predicted molar refractivity (Wildman–Crippen MR) is 66.6 cm³/mol. The Hall–Kier alpha value is -0.570. The van der Waals surface area contributed by atoms with E-state index in [2.05, 4.69) is 18.0 Å². The Morgan fingerprint density at radius 1 is 1.44 bits per heavy atom. The molecular formula is C13H18ClNO. The van der Waals surface area contributed by atoms with Gasteiger partial charge in [0.15, 0.2) is 0 Å². The third-order valence-electron chi connectivity index (χ3n) is 3.33. The Balaban J connectivity index is 1.99. The molecule has 2 rings (SSSR count). The van der Waals surface area contributed by atoms with Crippen molar-refractivity contribution >= 4 is 11.6 Å². The van der Waals surface area contributed by atoms with E-state index in [1.807, 2.05) is 18.2 Å². The van der Waals surface area contributed by atoms with Crippen molar-refractivity contribution in [2.45, 2.75) is 38.0 Å². The van der Waals surface area contributed by atoms with Crippen LogP contribution in [-0.4, -0.2) is 29.2 Å². The second-order valence-electron chi connectivity index (χ2n) is 4.61. The summed E-state index contributed by atoms with van der Waals surface area (Å²) in [6, 6.07) is 8.22. The van der Waals surface area contributed by atoms with Crippen molar-refractivity contribution in [2.24, 2.45) is 0 Å². The summed E-state index contributed by atoms with van der Waals surface area (Å²) in [5, 5.41) is 10.6. The van der Waals surface area contributed by atoms with Crippen LogP contribution in [0.1, 0.15) is 24.8 Å². The van der Waals surface area contributed by atoms with Crippen molar-refractivity contribution in [3.63, 3.8) is 0 Å². The van der Waals surface area contributed by atoms with Gasteiger partial charge in [-0.25, -0.2) is 0 Å². The molecule has 0 aromatic heterocycles. The molecule has 1 fully saturated rings. The van der Waals surface area contributed by atoms with Gasteiger partial charge < -0.3 is 5.11 Å². The van der Waals surface area contributed by atoms with E-state index in [0.717, 1.165) is 30.8 Å². The Labute approximate surface area is 102 Å². The molecule has 88 valence electrons. The summed E-state index contributed by atoms with van der Waals surface area (Å²) in [7, 11) is 2.07. The molecular weight excluding hydrogens is 222 g/mol. The molecule has 3 heteroatoms. The molecule has 2 atom stereocenters. The SMILES string of the molecule is CN(Cc1cccc(Cl)c1)[C@@H]1CCC[C@H]1O. The monoisotopic (exact) mass is 239 g/mol. The third kappa shape index (κ3) is 2.76. The summed E-state index contributed by atoms with van der Waals surface area (Å²) in [5.41, 5.74) is 1.20. The molecule has 1 aliphatic rings. The van der Waals surface area contributed by atoms with Gasteiger partial charge in [-0.3, -0.25) is 4.90 Å². The van der Waals surface area contributed by atoms with Crippen LogP contribution in [0.15, 0.2) is 24.3 Å². The highest BCUT2D eigenvalue weighted by Crippen LogP contribution is 2.24. The van der Waals surface area contributed by atoms with Gasteiger partial charge >= 0.3 is 0 Å². The molecule has 1 aliphatic carbocycles. The van der Waals surface area contributed by atoms with Crippen LogP contribution in [0.4, 0.5) is 0 Å². The maximum absolute atomic E-state index is 9.82.